The monoisotopic (exact) mass is 915 g/mol. The summed E-state index contributed by atoms with van der Waals surface area (Å²) in [7, 11) is 0. The van der Waals surface area contributed by atoms with Gasteiger partial charge in [0.1, 0.15) is 0 Å². The van der Waals surface area contributed by atoms with E-state index in [1.807, 2.05) is 13.8 Å². The molecule has 0 aromatic carbocycles. The molecule has 0 spiro atoms. The Morgan fingerprint density at radius 3 is 1.23 bits per heavy atom. The normalized spacial score (nSPS) is 35.9. The zero-order chi connectivity index (χ0) is 49.5. The Morgan fingerprint density at radius 1 is 0.576 bits per heavy atom. The van der Waals surface area contributed by atoms with Crippen LogP contribution in [0.25, 0.3) is 0 Å². The van der Waals surface area contributed by atoms with Crippen molar-refractivity contribution in [2.45, 2.75) is 249 Å². The largest absolute Gasteiger partial charge is 0.390 e. The van der Waals surface area contributed by atoms with Crippen LogP contribution in [0.3, 0.4) is 0 Å². The first-order chi connectivity index (χ1) is 30.3. The molecule has 12 atom stereocenters. The van der Waals surface area contributed by atoms with E-state index in [0.29, 0.717) is 82.2 Å². The van der Waals surface area contributed by atoms with Gasteiger partial charge < -0.3 is 25.5 Å². The van der Waals surface area contributed by atoms with Gasteiger partial charge in [-0.3, -0.25) is 0 Å². The molecule has 6 fully saturated rings. The summed E-state index contributed by atoms with van der Waals surface area (Å²) in [5.41, 5.74) is 10.6. The van der Waals surface area contributed by atoms with Crippen molar-refractivity contribution in [2.24, 2.45) is 62.6 Å². The second-order valence-corrected chi connectivity index (χ2v) is 27.2. The van der Waals surface area contributed by atoms with Gasteiger partial charge in [0.25, 0.3) is 0 Å². The summed E-state index contributed by atoms with van der Waals surface area (Å²) >= 11 is 0. The molecule has 6 aliphatic carbocycles. The molecule has 2 unspecified atom stereocenters. The summed E-state index contributed by atoms with van der Waals surface area (Å²) in [4.78, 5) is 0. The molecule has 0 radical (unpaired) electrons. The van der Waals surface area contributed by atoms with Crippen molar-refractivity contribution in [3.8, 4) is 0 Å². The minimum Gasteiger partial charge on any atom is -0.390 e. The van der Waals surface area contributed by atoms with Crippen LogP contribution in [0.15, 0.2) is 69.9 Å². The summed E-state index contributed by atoms with van der Waals surface area (Å²) in [6, 6.07) is 0. The summed E-state index contributed by atoms with van der Waals surface area (Å²) in [5, 5.41) is 51.4. The molecule has 6 aliphatic rings. The first-order valence-electron chi connectivity index (χ1n) is 26.9. The second kappa shape index (κ2) is 20.9. The Kier molecular flexibility index (Phi) is 17.5. The molecule has 5 heteroatoms. The Labute approximate surface area is 405 Å². The highest BCUT2D eigenvalue weighted by molar-refractivity contribution is 5.37. The van der Waals surface area contributed by atoms with Crippen molar-refractivity contribution in [1.82, 2.24) is 0 Å². The van der Waals surface area contributed by atoms with E-state index < -0.39 is 30.0 Å². The standard InChI is InChI=1S/C31H52O2.C30H50O3/c1-20(17-23-18-27(32)21(2)28(33)19-23)24-11-10-14-31(9)25(12-13-26(24)31)22(3)30(7,8)16-15-29(4,5)6;1-19(16-22-17-26(31)20(2)27(32)18-22)23-10-9-13-30(8)24(11-12-25(23)30)21(3)28(4,5)14-15-29(6,7)33/h17,22,25-28,32-33H,2,10-16,18-19H2,1,3-9H3;16,21,24-27,31-33H,2,9-15,17-18H2,1,3-8H3/b24-20+;23-19+/t22-,25-,26?,27-,28-,31-;21-,24+,25?,26+,27+,30+/m10/s1. The Bertz CT molecular complexity index is 1690. The van der Waals surface area contributed by atoms with Crippen LogP contribution < -0.4 is 0 Å². The van der Waals surface area contributed by atoms with Crippen LogP contribution in [0.1, 0.15) is 219 Å². The molecule has 0 bridgehead atoms. The zero-order valence-corrected chi connectivity index (χ0v) is 45.3. The van der Waals surface area contributed by atoms with Gasteiger partial charge in [0, 0.05) is 0 Å². The van der Waals surface area contributed by atoms with Crippen LogP contribution in [0.2, 0.25) is 0 Å². The van der Waals surface area contributed by atoms with E-state index in [9.17, 15) is 25.5 Å². The molecule has 66 heavy (non-hydrogen) atoms. The Balaban J connectivity index is 0.000000247. The van der Waals surface area contributed by atoms with E-state index >= 15 is 0 Å². The molecule has 5 N–H and O–H groups in total. The van der Waals surface area contributed by atoms with Crippen LogP contribution in [-0.2, 0) is 0 Å². The van der Waals surface area contributed by atoms with Crippen LogP contribution in [-0.4, -0.2) is 55.5 Å². The molecule has 6 saturated carbocycles. The number of fused-ring (bicyclic) bond motifs is 2. The van der Waals surface area contributed by atoms with Crippen LogP contribution in [0.5, 0.6) is 0 Å². The summed E-state index contributed by atoms with van der Waals surface area (Å²) < 4.78 is 0. The summed E-state index contributed by atoms with van der Waals surface area (Å²) in [6.07, 6.45) is 21.8. The molecule has 0 aromatic heterocycles. The highest BCUT2D eigenvalue weighted by Crippen LogP contribution is 2.64. The summed E-state index contributed by atoms with van der Waals surface area (Å²) in [6.45, 7) is 43.2. The number of aliphatic hydroxyl groups excluding tert-OH is 4. The van der Waals surface area contributed by atoms with Gasteiger partial charge in [-0.1, -0.05) is 135 Å². The summed E-state index contributed by atoms with van der Waals surface area (Å²) in [5.74, 6) is 4.15. The van der Waals surface area contributed by atoms with Crippen LogP contribution in [0, 0.1) is 62.6 Å². The molecule has 6 rings (SSSR count). The lowest BCUT2D eigenvalue weighted by molar-refractivity contribution is 0.0126. The minimum atomic E-state index is -0.628. The third-order valence-corrected chi connectivity index (χ3v) is 19.9. The highest BCUT2D eigenvalue weighted by Gasteiger charge is 2.55. The van der Waals surface area contributed by atoms with Gasteiger partial charge >= 0.3 is 0 Å². The lowest BCUT2D eigenvalue weighted by Crippen LogP contribution is -2.41. The van der Waals surface area contributed by atoms with Crippen LogP contribution in [0.4, 0.5) is 0 Å². The maximum absolute atomic E-state index is 10.3. The number of allylic oxidation sites excluding steroid dienone is 6. The van der Waals surface area contributed by atoms with Gasteiger partial charge in [-0.05, 0) is 217 Å². The average molecular weight is 915 g/mol. The lowest BCUT2D eigenvalue weighted by Gasteiger charge is -2.48. The first-order valence-corrected chi connectivity index (χ1v) is 26.9. The average Bonchev–Trinajstić information content (AvgIpc) is 3.75. The van der Waals surface area contributed by atoms with Crippen molar-refractivity contribution in [3.05, 3.63) is 69.9 Å². The minimum absolute atomic E-state index is 0.206. The fourth-order valence-corrected chi connectivity index (χ4v) is 14.7. The number of rotatable bonds is 11. The lowest BCUT2D eigenvalue weighted by atomic mass is 9.56. The smallest absolute Gasteiger partial charge is 0.0809 e. The van der Waals surface area contributed by atoms with Gasteiger partial charge in [-0.15, -0.1) is 0 Å². The molecular formula is C61H102O5. The number of hydrogen-bond acceptors (Lipinski definition) is 5. The van der Waals surface area contributed by atoms with Crippen molar-refractivity contribution in [3.63, 3.8) is 0 Å². The molecule has 0 heterocycles. The van der Waals surface area contributed by atoms with Crippen molar-refractivity contribution in [1.29, 1.82) is 0 Å². The molecule has 376 valence electrons. The fraction of sp³-hybridized carbons (Fsp3) is 0.803. The molecule has 0 aliphatic heterocycles. The Morgan fingerprint density at radius 2 is 0.909 bits per heavy atom. The van der Waals surface area contributed by atoms with Crippen molar-refractivity contribution >= 4 is 0 Å². The van der Waals surface area contributed by atoms with Gasteiger partial charge in [0.15, 0.2) is 0 Å². The Hall–Kier alpha value is -1.76. The third-order valence-electron chi connectivity index (χ3n) is 19.9. The van der Waals surface area contributed by atoms with E-state index in [4.69, 9.17) is 0 Å². The second-order valence-electron chi connectivity index (χ2n) is 27.2. The van der Waals surface area contributed by atoms with E-state index in [1.54, 1.807) is 11.1 Å². The molecular weight excluding hydrogens is 813 g/mol. The van der Waals surface area contributed by atoms with Gasteiger partial charge in [0.2, 0.25) is 0 Å². The number of hydrogen-bond donors (Lipinski definition) is 5. The predicted molar refractivity (Wildman–Crippen MR) is 279 cm³/mol. The van der Waals surface area contributed by atoms with Crippen molar-refractivity contribution < 1.29 is 25.5 Å². The van der Waals surface area contributed by atoms with Crippen LogP contribution >= 0.6 is 0 Å². The molecule has 0 saturated heterocycles. The highest BCUT2D eigenvalue weighted by atomic mass is 16.3. The third kappa shape index (κ3) is 12.6. The first kappa shape index (κ1) is 55.2. The van der Waals surface area contributed by atoms with E-state index in [0.717, 1.165) is 30.3 Å². The maximum Gasteiger partial charge on any atom is 0.0809 e. The molecule has 0 amide bonds. The molecule has 5 nitrogen and oxygen atoms in total. The van der Waals surface area contributed by atoms with E-state index in [2.05, 4.69) is 115 Å². The quantitative estimate of drug-likeness (QED) is 0.133. The van der Waals surface area contributed by atoms with Crippen molar-refractivity contribution in [2.75, 3.05) is 0 Å². The zero-order valence-electron chi connectivity index (χ0n) is 45.3. The van der Waals surface area contributed by atoms with E-state index in [1.165, 1.54) is 93.8 Å². The van der Waals surface area contributed by atoms with Gasteiger partial charge in [0.05, 0.1) is 30.0 Å². The van der Waals surface area contributed by atoms with E-state index in [-0.39, 0.29) is 5.41 Å². The van der Waals surface area contributed by atoms with Gasteiger partial charge in [-0.2, -0.15) is 0 Å². The maximum atomic E-state index is 10.3. The molecule has 0 aromatic rings. The fourth-order valence-electron chi connectivity index (χ4n) is 14.7. The predicted octanol–water partition coefficient (Wildman–Crippen LogP) is 14.7. The van der Waals surface area contributed by atoms with Gasteiger partial charge in [-0.25, -0.2) is 0 Å². The SMILES string of the molecule is C=C1[C@H](O)CC(=C/C(C)=C2\CCC[C@@]3(C)C2CC[C@@H]3[C@@H](C)C(C)(C)CCC(C)(C)C)C[C@H]1O.C=C1[C@H](O)CC(=C/C(C)=C2\CCC[C@@]3(C)C2CC[C@@H]3[C@H](C)C(C)(C)CCC(C)(C)O)C[C@H]1O. The topological polar surface area (TPSA) is 101 Å². The number of aliphatic hydroxyl groups is 5.